The number of para-hydroxylation sites is 1. The summed E-state index contributed by atoms with van der Waals surface area (Å²) in [6.45, 7) is 1.28. The number of hydrazine groups is 1. The highest BCUT2D eigenvalue weighted by Crippen LogP contribution is 2.44. The second-order valence-electron chi connectivity index (χ2n) is 9.79. The zero-order valence-corrected chi connectivity index (χ0v) is 21.4. The summed E-state index contributed by atoms with van der Waals surface area (Å²) < 4.78 is 0. The lowest BCUT2D eigenvalue weighted by atomic mass is 9.73. The van der Waals surface area contributed by atoms with Gasteiger partial charge in [-0.25, -0.2) is 0 Å². The number of anilines is 1. The number of hydrogen-bond acceptors (Lipinski definition) is 4. The number of carbonyl (C=O) groups is 1. The fourth-order valence-electron chi connectivity index (χ4n) is 5.32. The SMILES string of the molecule is CN(C)CC1=C(c2ccccc2)N(Nc2ccccc2)C[C@@H](C(=O)c2ccccc2)[C@@H]1c1ccccc1. The van der Waals surface area contributed by atoms with Crippen molar-refractivity contribution in [1.29, 1.82) is 0 Å². The Morgan fingerprint density at radius 1 is 0.784 bits per heavy atom. The molecule has 1 aliphatic heterocycles. The van der Waals surface area contributed by atoms with Crippen molar-refractivity contribution in [3.8, 4) is 0 Å². The zero-order chi connectivity index (χ0) is 25.6. The Bertz CT molecular complexity index is 1340. The van der Waals surface area contributed by atoms with Crippen molar-refractivity contribution in [2.45, 2.75) is 5.92 Å². The van der Waals surface area contributed by atoms with Crippen molar-refractivity contribution in [3.63, 3.8) is 0 Å². The van der Waals surface area contributed by atoms with E-state index in [9.17, 15) is 4.79 Å². The van der Waals surface area contributed by atoms with Crippen LogP contribution in [0.4, 0.5) is 5.69 Å². The summed E-state index contributed by atoms with van der Waals surface area (Å²) in [7, 11) is 4.19. The lowest BCUT2D eigenvalue weighted by molar-refractivity contribution is 0.0878. The Hall–Kier alpha value is -4.15. The first kappa shape index (κ1) is 24.5. The van der Waals surface area contributed by atoms with Gasteiger partial charge in [0.25, 0.3) is 0 Å². The van der Waals surface area contributed by atoms with Crippen molar-refractivity contribution in [3.05, 3.63) is 144 Å². The molecule has 0 saturated heterocycles. The number of rotatable bonds is 8. The molecule has 4 nitrogen and oxygen atoms in total. The number of carbonyl (C=O) groups excluding carboxylic acids is 1. The van der Waals surface area contributed by atoms with Crippen molar-refractivity contribution in [2.24, 2.45) is 5.92 Å². The lowest BCUT2D eigenvalue weighted by Crippen LogP contribution is -2.45. The number of Topliss-reactive ketones (excluding diaryl/α,β-unsaturated/α-hetero) is 1. The van der Waals surface area contributed by atoms with Gasteiger partial charge in [-0.3, -0.25) is 15.2 Å². The topological polar surface area (TPSA) is 35.6 Å². The van der Waals surface area contributed by atoms with E-state index in [1.165, 1.54) is 11.1 Å². The van der Waals surface area contributed by atoms with E-state index in [1.807, 2.05) is 60.7 Å². The number of likely N-dealkylation sites (N-methyl/N-ethyl adjacent to an activating group) is 1. The highest BCUT2D eigenvalue weighted by atomic mass is 16.1. The van der Waals surface area contributed by atoms with Gasteiger partial charge in [0.2, 0.25) is 0 Å². The van der Waals surface area contributed by atoms with Gasteiger partial charge in [-0.15, -0.1) is 0 Å². The molecule has 0 spiro atoms. The van der Waals surface area contributed by atoms with Crippen LogP contribution in [0.2, 0.25) is 0 Å². The zero-order valence-electron chi connectivity index (χ0n) is 21.4. The Labute approximate surface area is 219 Å². The van der Waals surface area contributed by atoms with E-state index >= 15 is 0 Å². The molecule has 0 radical (unpaired) electrons. The van der Waals surface area contributed by atoms with E-state index in [1.54, 1.807) is 0 Å². The highest BCUT2D eigenvalue weighted by Gasteiger charge is 2.41. The van der Waals surface area contributed by atoms with Crippen LogP contribution in [0.25, 0.3) is 5.70 Å². The number of nitrogens with one attached hydrogen (secondary N) is 1. The Morgan fingerprint density at radius 3 is 1.92 bits per heavy atom. The highest BCUT2D eigenvalue weighted by molar-refractivity contribution is 5.99. The van der Waals surface area contributed by atoms with Crippen LogP contribution in [0.15, 0.2) is 127 Å². The van der Waals surface area contributed by atoms with Gasteiger partial charge in [0.05, 0.1) is 23.8 Å². The van der Waals surface area contributed by atoms with E-state index in [4.69, 9.17) is 0 Å². The number of benzene rings is 4. The maximum absolute atomic E-state index is 14.2. The summed E-state index contributed by atoms with van der Waals surface area (Å²) in [5.41, 5.74) is 10.0. The first-order valence-corrected chi connectivity index (χ1v) is 12.8. The first-order chi connectivity index (χ1) is 18.1. The van der Waals surface area contributed by atoms with Crippen LogP contribution in [0.1, 0.15) is 27.4 Å². The minimum atomic E-state index is -0.261. The molecule has 0 unspecified atom stereocenters. The van der Waals surface area contributed by atoms with Crippen LogP contribution in [0.5, 0.6) is 0 Å². The molecule has 4 aromatic rings. The minimum Gasteiger partial charge on any atom is -0.305 e. The second kappa shape index (κ2) is 11.3. The summed E-state index contributed by atoms with van der Waals surface area (Å²) in [6, 6.07) is 40.9. The molecule has 1 heterocycles. The Balaban J connectivity index is 1.73. The summed E-state index contributed by atoms with van der Waals surface area (Å²) in [5.74, 6) is -0.151. The minimum absolute atomic E-state index is 0.0552. The van der Waals surface area contributed by atoms with Gasteiger partial charge in [-0.1, -0.05) is 109 Å². The van der Waals surface area contributed by atoms with Crippen molar-refractivity contribution in [2.75, 3.05) is 32.6 Å². The van der Waals surface area contributed by atoms with Gasteiger partial charge < -0.3 is 4.90 Å². The van der Waals surface area contributed by atoms with Gasteiger partial charge in [0.1, 0.15) is 0 Å². The Morgan fingerprint density at radius 2 is 1.32 bits per heavy atom. The molecule has 0 bridgehead atoms. The molecule has 5 rings (SSSR count). The average molecular weight is 488 g/mol. The third kappa shape index (κ3) is 5.50. The summed E-state index contributed by atoms with van der Waals surface area (Å²) in [5, 5.41) is 2.19. The molecule has 0 amide bonds. The molecule has 0 aromatic heterocycles. The maximum Gasteiger partial charge on any atom is 0.168 e. The van der Waals surface area contributed by atoms with Crippen LogP contribution in [-0.2, 0) is 0 Å². The maximum atomic E-state index is 14.2. The predicted octanol–water partition coefficient (Wildman–Crippen LogP) is 6.58. The normalized spacial score (nSPS) is 17.6. The van der Waals surface area contributed by atoms with E-state index in [2.05, 4.69) is 90.1 Å². The molecule has 2 atom stereocenters. The van der Waals surface area contributed by atoms with Gasteiger partial charge >= 0.3 is 0 Å². The van der Waals surface area contributed by atoms with Crippen molar-refractivity contribution >= 4 is 17.2 Å². The smallest absolute Gasteiger partial charge is 0.168 e. The van der Waals surface area contributed by atoms with Crippen LogP contribution >= 0.6 is 0 Å². The van der Waals surface area contributed by atoms with Crippen molar-refractivity contribution < 1.29 is 4.79 Å². The summed E-state index contributed by atoms with van der Waals surface area (Å²) in [4.78, 5) is 16.4. The molecule has 0 fully saturated rings. The monoisotopic (exact) mass is 487 g/mol. The molecule has 4 heteroatoms. The fourth-order valence-corrected chi connectivity index (χ4v) is 5.32. The molecular formula is C33H33N3O. The van der Waals surface area contributed by atoms with E-state index in [0.29, 0.717) is 6.54 Å². The predicted molar refractivity (Wildman–Crippen MR) is 152 cm³/mol. The quantitative estimate of drug-likeness (QED) is 0.285. The number of ketones is 1. The van der Waals surface area contributed by atoms with Crippen LogP contribution in [0, 0.1) is 5.92 Å². The molecule has 0 aliphatic carbocycles. The molecular weight excluding hydrogens is 454 g/mol. The lowest BCUT2D eigenvalue weighted by Gasteiger charge is -2.44. The largest absolute Gasteiger partial charge is 0.305 e. The summed E-state index contributed by atoms with van der Waals surface area (Å²) >= 11 is 0. The van der Waals surface area contributed by atoms with Crippen molar-refractivity contribution in [1.82, 2.24) is 9.91 Å². The third-order valence-electron chi connectivity index (χ3n) is 6.86. The van der Waals surface area contributed by atoms with Gasteiger partial charge in [-0.05, 0) is 42.9 Å². The number of hydrogen-bond donors (Lipinski definition) is 1. The molecule has 1 N–H and O–H groups in total. The summed E-state index contributed by atoms with van der Waals surface area (Å²) in [6.07, 6.45) is 0. The van der Waals surface area contributed by atoms with E-state index in [0.717, 1.165) is 29.1 Å². The Kier molecular flexibility index (Phi) is 7.48. The first-order valence-electron chi connectivity index (χ1n) is 12.8. The van der Waals surface area contributed by atoms with Crippen LogP contribution < -0.4 is 5.43 Å². The van der Waals surface area contributed by atoms with E-state index in [-0.39, 0.29) is 17.6 Å². The van der Waals surface area contributed by atoms with Crippen LogP contribution in [-0.4, -0.2) is 42.9 Å². The molecule has 37 heavy (non-hydrogen) atoms. The second-order valence-corrected chi connectivity index (χ2v) is 9.79. The van der Waals surface area contributed by atoms with E-state index < -0.39 is 0 Å². The third-order valence-corrected chi connectivity index (χ3v) is 6.86. The number of nitrogens with zero attached hydrogens (tertiary/aromatic N) is 2. The molecule has 4 aromatic carbocycles. The molecule has 186 valence electrons. The van der Waals surface area contributed by atoms with Gasteiger partial charge in [-0.2, -0.15) is 0 Å². The molecule has 1 aliphatic rings. The van der Waals surface area contributed by atoms with Crippen LogP contribution in [0.3, 0.4) is 0 Å². The molecule has 0 saturated carbocycles. The standard InChI is InChI=1S/C33H33N3O/c1-35(2)23-29-31(25-15-7-3-8-16-25)30(33(37)27-19-11-5-12-20-27)24-36(34-28-21-13-6-14-22-28)32(29)26-17-9-4-10-18-26/h3-22,30-31,34H,23-24H2,1-2H3/t30-,31-/m1/s1. The van der Waals surface area contributed by atoms with Gasteiger partial charge in [0, 0.05) is 18.0 Å². The fraction of sp³-hybridized carbons (Fsp3) is 0.182. The average Bonchev–Trinajstić information content (AvgIpc) is 2.94. The van der Waals surface area contributed by atoms with Gasteiger partial charge in [0.15, 0.2) is 5.78 Å².